The van der Waals surface area contributed by atoms with Crippen LogP contribution in [0, 0.1) is 5.92 Å². The molecule has 3 rings (SSSR count). The number of methoxy groups -OCH3 is 1. The number of hydrogen-bond donors (Lipinski definition) is 2. The highest BCUT2D eigenvalue weighted by Gasteiger charge is 2.33. The number of benzene rings is 1. The van der Waals surface area contributed by atoms with Gasteiger partial charge in [0.2, 0.25) is 0 Å². The van der Waals surface area contributed by atoms with E-state index in [4.69, 9.17) is 9.47 Å². The van der Waals surface area contributed by atoms with Crippen molar-refractivity contribution >= 4 is 11.6 Å². The van der Waals surface area contributed by atoms with Gasteiger partial charge in [-0.3, -0.25) is 9.89 Å². The van der Waals surface area contributed by atoms with Crippen molar-refractivity contribution in [1.29, 1.82) is 0 Å². The Morgan fingerprint density at radius 2 is 2.04 bits per heavy atom. The van der Waals surface area contributed by atoms with Gasteiger partial charge >= 0.3 is 0 Å². The van der Waals surface area contributed by atoms with E-state index in [2.05, 4.69) is 20.5 Å². The summed E-state index contributed by atoms with van der Waals surface area (Å²) in [6.45, 7) is 5.82. The van der Waals surface area contributed by atoms with Gasteiger partial charge in [-0.1, -0.05) is 0 Å². The molecule has 1 aromatic rings. The maximum absolute atomic E-state index is 5.64. The molecule has 0 bridgehead atoms. The maximum Gasteiger partial charge on any atom is 0.195 e. The SMILES string of the molecule is CCOc1cc(NC(=NC)NCCN(CC2CC2)C2CC2)ccc1OC. The fourth-order valence-electron chi connectivity index (χ4n) is 3.15. The Hall–Kier alpha value is -1.95. The second kappa shape index (κ2) is 9.12. The average Bonchev–Trinajstić information content (AvgIpc) is 3.54. The first-order valence-electron chi connectivity index (χ1n) is 9.76. The van der Waals surface area contributed by atoms with E-state index < -0.39 is 0 Å². The Kier molecular flexibility index (Phi) is 6.61. The van der Waals surface area contributed by atoms with Crippen molar-refractivity contribution in [2.75, 3.05) is 45.7 Å². The molecule has 2 aliphatic rings. The summed E-state index contributed by atoms with van der Waals surface area (Å²) < 4.78 is 11.0. The summed E-state index contributed by atoms with van der Waals surface area (Å²) in [5.74, 6) is 3.20. The zero-order valence-corrected chi connectivity index (χ0v) is 16.3. The molecule has 0 heterocycles. The van der Waals surface area contributed by atoms with Gasteiger partial charge < -0.3 is 20.1 Å². The molecule has 2 saturated carbocycles. The van der Waals surface area contributed by atoms with Crippen LogP contribution < -0.4 is 20.1 Å². The number of nitrogens with zero attached hydrogens (tertiary/aromatic N) is 2. The van der Waals surface area contributed by atoms with Crippen molar-refractivity contribution in [3.05, 3.63) is 18.2 Å². The number of ether oxygens (including phenoxy) is 2. The topological polar surface area (TPSA) is 58.1 Å². The molecule has 0 aromatic heterocycles. The number of guanidine groups is 1. The zero-order chi connectivity index (χ0) is 18.4. The van der Waals surface area contributed by atoms with Crippen molar-refractivity contribution < 1.29 is 9.47 Å². The van der Waals surface area contributed by atoms with Crippen molar-refractivity contribution in [1.82, 2.24) is 10.2 Å². The van der Waals surface area contributed by atoms with E-state index in [1.807, 2.05) is 25.1 Å². The number of aliphatic imine (C=N–C) groups is 1. The molecule has 1 aromatic carbocycles. The summed E-state index contributed by atoms with van der Waals surface area (Å²) >= 11 is 0. The monoisotopic (exact) mass is 360 g/mol. The molecule has 2 aliphatic carbocycles. The van der Waals surface area contributed by atoms with Crippen molar-refractivity contribution in [3.8, 4) is 11.5 Å². The minimum atomic E-state index is 0.602. The molecule has 0 saturated heterocycles. The van der Waals surface area contributed by atoms with Crippen molar-refractivity contribution in [2.24, 2.45) is 10.9 Å². The normalized spacial score (nSPS) is 17.3. The van der Waals surface area contributed by atoms with Crippen LogP contribution in [0.4, 0.5) is 5.69 Å². The highest BCUT2D eigenvalue weighted by molar-refractivity contribution is 5.93. The van der Waals surface area contributed by atoms with Crippen LogP contribution >= 0.6 is 0 Å². The Morgan fingerprint density at radius 3 is 2.65 bits per heavy atom. The van der Waals surface area contributed by atoms with Gasteiger partial charge in [0.05, 0.1) is 13.7 Å². The predicted octanol–water partition coefficient (Wildman–Crippen LogP) is 2.96. The molecular formula is C20H32N4O2. The van der Waals surface area contributed by atoms with Crippen LogP contribution in [0.1, 0.15) is 32.6 Å². The minimum absolute atomic E-state index is 0.602. The minimum Gasteiger partial charge on any atom is -0.493 e. The van der Waals surface area contributed by atoms with Crippen LogP contribution in [0.2, 0.25) is 0 Å². The van der Waals surface area contributed by atoms with Gasteiger partial charge in [-0.2, -0.15) is 0 Å². The summed E-state index contributed by atoms with van der Waals surface area (Å²) in [6, 6.07) is 6.64. The molecule has 0 radical (unpaired) electrons. The number of nitrogens with one attached hydrogen (secondary N) is 2. The maximum atomic E-state index is 5.64. The van der Waals surface area contributed by atoms with E-state index in [9.17, 15) is 0 Å². The molecule has 6 heteroatoms. The molecule has 2 fully saturated rings. The van der Waals surface area contributed by atoms with Crippen molar-refractivity contribution in [2.45, 2.75) is 38.6 Å². The molecule has 0 aliphatic heterocycles. The van der Waals surface area contributed by atoms with E-state index in [0.29, 0.717) is 6.61 Å². The largest absolute Gasteiger partial charge is 0.493 e. The Labute approximate surface area is 157 Å². The highest BCUT2D eigenvalue weighted by atomic mass is 16.5. The third-order valence-corrected chi connectivity index (χ3v) is 4.89. The predicted molar refractivity (Wildman–Crippen MR) is 106 cm³/mol. The fraction of sp³-hybridized carbons (Fsp3) is 0.650. The van der Waals surface area contributed by atoms with Gasteiger partial charge in [-0.25, -0.2) is 0 Å². The third-order valence-electron chi connectivity index (χ3n) is 4.89. The summed E-state index contributed by atoms with van der Waals surface area (Å²) in [5, 5.41) is 6.77. The average molecular weight is 361 g/mol. The molecule has 0 amide bonds. The third kappa shape index (κ3) is 5.53. The lowest BCUT2D eigenvalue weighted by molar-refractivity contribution is 0.257. The van der Waals surface area contributed by atoms with Crippen LogP contribution in [-0.4, -0.2) is 57.3 Å². The van der Waals surface area contributed by atoms with Gasteiger partial charge in [-0.15, -0.1) is 0 Å². The zero-order valence-electron chi connectivity index (χ0n) is 16.3. The Morgan fingerprint density at radius 1 is 1.23 bits per heavy atom. The second-order valence-corrected chi connectivity index (χ2v) is 7.09. The lowest BCUT2D eigenvalue weighted by atomic mass is 10.2. The smallest absolute Gasteiger partial charge is 0.195 e. The molecule has 144 valence electrons. The standard InChI is InChI=1S/C20H32N4O2/c1-4-26-19-13-16(7-10-18(19)25-3)23-20(21-2)22-11-12-24(17-8-9-17)14-15-5-6-15/h7,10,13,15,17H,4-6,8-9,11-12,14H2,1-3H3,(H2,21,22,23). The summed E-state index contributed by atoms with van der Waals surface area (Å²) in [4.78, 5) is 6.99. The molecule has 6 nitrogen and oxygen atoms in total. The molecule has 0 atom stereocenters. The van der Waals surface area contributed by atoms with Crippen molar-refractivity contribution in [3.63, 3.8) is 0 Å². The number of anilines is 1. The highest BCUT2D eigenvalue weighted by Crippen LogP contribution is 2.34. The summed E-state index contributed by atoms with van der Waals surface area (Å²) in [5.41, 5.74) is 0.930. The van der Waals surface area contributed by atoms with E-state index in [1.54, 1.807) is 14.2 Å². The molecule has 0 unspecified atom stereocenters. The summed E-state index contributed by atoms with van der Waals surface area (Å²) in [6.07, 6.45) is 5.57. The fourth-order valence-corrected chi connectivity index (χ4v) is 3.15. The van der Waals surface area contributed by atoms with Crippen LogP contribution in [0.15, 0.2) is 23.2 Å². The quantitative estimate of drug-likeness (QED) is 0.496. The van der Waals surface area contributed by atoms with Gasteiger partial charge in [-0.05, 0) is 50.7 Å². The number of hydrogen-bond acceptors (Lipinski definition) is 4. The first kappa shape index (κ1) is 18.8. The van der Waals surface area contributed by atoms with Crippen LogP contribution in [-0.2, 0) is 0 Å². The van der Waals surface area contributed by atoms with E-state index in [-0.39, 0.29) is 0 Å². The van der Waals surface area contributed by atoms with Gasteiger partial charge in [0, 0.05) is 44.5 Å². The molecule has 0 spiro atoms. The van der Waals surface area contributed by atoms with Crippen LogP contribution in [0.5, 0.6) is 11.5 Å². The second-order valence-electron chi connectivity index (χ2n) is 7.09. The lowest BCUT2D eigenvalue weighted by Gasteiger charge is -2.22. The van der Waals surface area contributed by atoms with Crippen LogP contribution in [0.3, 0.4) is 0 Å². The first-order valence-corrected chi connectivity index (χ1v) is 9.76. The molecule has 2 N–H and O–H groups in total. The van der Waals surface area contributed by atoms with E-state index in [0.717, 1.165) is 48.2 Å². The number of rotatable bonds is 10. The van der Waals surface area contributed by atoms with Gasteiger partial charge in [0.1, 0.15) is 0 Å². The molecular weight excluding hydrogens is 328 g/mol. The van der Waals surface area contributed by atoms with Gasteiger partial charge in [0.15, 0.2) is 17.5 Å². The Bertz CT molecular complexity index is 612. The molecule has 26 heavy (non-hydrogen) atoms. The van der Waals surface area contributed by atoms with E-state index >= 15 is 0 Å². The van der Waals surface area contributed by atoms with Gasteiger partial charge in [0.25, 0.3) is 0 Å². The first-order chi connectivity index (χ1) is 12.7. The van der Waals surface area contributed by atoms with E-state index in [1.165, 1.54) is 32.2 Å². The van der Waals surface area contributed by atoms with Crippen LogP contribution in [0.25, 0.3) is 0 Å². The summed E-state index contributed by atoms with van der Waals surface area (Å²) in [7, 11) is 3.45. The lowest BCUT2D eigenvalue weighted by Crippen LogP contribution is -2.39. The Balaban J connectivity index is 1.50.